The zero-order valence-corrected chi connectivity index (χ0v) is 8.08. The van der Waals surface area contributed by atoms with Gasteiger partial charge in [0.05, 0.1) is 10.6 Å². The van der Waals surface area contributed by atoms with Crippen molar-refractivity contribution in [2.24, 2.45) is 0 Å². The van der Waals surface area contributed by atoms with E-state index in [1.54, 1.807) is 11.3 Å². The average molecular weight is 228 g/mol. The highest BCUT2D eigenvalue weighted by molar-refractivity contribution is 9.10. The fourth-order valence-corrected chi connectivity index (χ4v) is 2.53. The van der Waals surface area contributed by atoms with Crippen LogP contribution < -0.4 is 0 Å². The summed E-state index contributed by atoms with van der Waals surface area (Å²) in [6.07, 6.45) is 1.93. The van der Waals surface area contributed by atoms with Gasteiger partial charge in [0.25, 0.3) is 0 Å². The smallest absolute Gasteiger partial charge is 0.0647 e. The second-order valence-electron chi connectivity index (χ2n) is 2.18. The summed E-state index contributed by atoms with van der Waals surface area (Å²) >= 11 is 5.21. The summed E-state index contributed by atoms with van der Waals surface area (Å²) in [5, 5.41) is 2.07. The van der Waals surface area contributed by atoms with Crippen LogP contribution in [0.4, 0.5) is 0 Å². The molecule has 11 heavy (non-hydrogen) atoms. The van der Waals surface area contributed by atoms with E-state index in [4.69, 9.17) is 0 Å². The van der Waals surface area contributed by atoms with Crippen molar-refractivity contribution < 1.29 is 0 Å². The summed E-state index contributed by atoms with van der Waals surface area (Å²) in [7, 11) is 0. The Hall–Kier alpha value is -0.540. The molecule has 0 aliphatic heterocycles. The van der Waals surface area contributed by atoms with Gasteiger partial charge in [-0.15, -0.1) is 11.3 Å². The van der Waals surface area contributed by atoms with Crippen molar-refractivity contribution in [2.75, 3.05) is 0 Å². The summed E-state index contributed by atoms with van der Waals surface area (Å²) in [5.74, 6) is 0. The molecule has 1 N–H and O–H groups in total. The monoisotopic (exact) mass is 227 g/mol. The number of hydrogen-bond acceptors (Lipinski definition) is 1. The van der Waals surface area contributed by atoms with Crippen LogP contribution in [0.15, 0.2) is 34.2 Å². The van der Waals surface area contributed by atoms with Crippen LogP contribution in [-0.2, 0) is 0 Å². The molecule has 0 aliphatic rings. The molecule has 0 aliphatic carbocycles. The molecule has 1 nitrogen and oxygen atoms in total. The molecular formula is C8H6BrNS. The van der Waals surface area contributed by atoms with Crippen LogP contribution in [0, 0.1) is 0 Å². The predicted molar refractivity (Wildman–Crippen MR) is 51.8 cm³/mol. The third-order valence-corrected chi connectivity index (χ3v) is 3.33. The minimum Gasteiger partial charge on any atom is -0.361 e. The number of aromatic amines is 1. The number of nitrogens with one attached hydrogen (secondary N) is 1. The topological polar surface area (TPSA) is 15.8 Å². The molecule has 0 fully saturated rings. The molecule has 0 radical (unpaired) electrons. The molecule has 0 amide bonds. The quantitative estimate of drug-likeness (QED) is 0.768. The predicted octanol–water partition coefficient (Wildman–Crippen LogP) is 3.51. The van der Waals surface area contributed by atoms with Gasteiger partial charge in [0.1, 0.15) is 0 Å². The van der Waals surface area contributed by atoms with Gasteiger partial charge in [-0.1, -0.05) is 0 Å². The Morgan fingerprint density at radius 2 is 2.27 bits per heavy atom. The van der Waals surface area contributed by atoms with Gasteiger partial charge in [-0.2, -0.15) is 0 Å². The molecule has 0 saturated heterocycles. The Bertz CT molecular complexity index is 337. The van der Waals surface area contributed by atoms with Gasteiger partial charge < -0.3 is 4.98 Å². The zero-order chi connectivity index (χ0) is 7.68. The van der Waals surface area contributed by atoms with E-state index in [-0.39, 0.29) is 0 Å². The van der Waals surface area contributed by atoms with Crippen molar-refractivity contribution in [3.05, 3.63) is 34.2 Å². The Kier molecular flexibility index (Phi) is 1.84. The largest absolute Gasteiger partial charge is 0.361 e. The normalized spacial score (nSPS) is 10.3. The van der Waals surface area contributed by atoms with Crippen molar-refractivity contribution in [3.63, 3.8) is 0 Å². The van der Waals surface area contributed by atoms with Crippen LogP contribution in [0.3, 0.4) is 0 Å². The molecule has 0 spiro atoms. The summed E-state index contributed by atoms with van der Waals surface area (Å²) in [6.45, 7) is 0. The summed E-state index contributed by atoms with van der Waals surface area (Å²) in [5.41, 5.74) is 1.17. The lowest BCUT2D eigenvalue weighted by Crippen LogP contribution is -1.69. The van der Waals surface area contributed by atoms with Crippen molar-refractivity contribution in [1.82, 2.24) is 4.98 Å². The maximum Gasteiger partial charge on any atom is 0.0647 e. The second kappa shape index (κ2) is 2.83. The van der Waals surface area contributed by atoms with Crippen LogP contribution in [0.2, 0.25) is 0 Å². The Balaban J connectivity index is 2.53. The minimum atomic E-state index is 1.16. The first-order valence-corrected chi connectivity index (χ1v) is 4.92. The lowest BCUT2D eigenvalue weighted by molar-refractivity contribution is 1.42. The van der Waals surface area contributed by atoms with Gasteiger partial charge in [-0.25, -0.2) is 0 Å². The Morgan fingerprint density at radius 3 is 2.82 bits per heavy atom. The fourth-order valence-electron chi connectivity index (χ4n) is 0.957. The minimum absolute atomic E-state index is 1.16. The SMILES string of the molecule is Brc1ccsc1-c1ccc[nH]1. The highest BCUT2D eigenvalue weighted by Gasteiger charge is 2.03. The summed E-state index contributed by atoms with van der Waals surface area (Å²) in [4.78, 5) is 4.42. The van der Waals surface area contributed by atoms with Gasteiger partial charge >= 0.3 is 0 Å². The van der Waals surface area contributed by atoms with Gasteiger partial charge in [0, 0.05) is 10.7 Å². The van der Waals surface area contributed by atoms with E-state index in [0.717, 1.165) is 4.47 Å². The van der Waals surface area contributed by atoms with Crippen molar-refractivity contribution in [1.29, 1.82) is 0 Å². The molecular weight excluding hydrogens is 222 g/mol. The van der Waals surface area contributed by atoms with Crippen LogP contribution in [0.25, 0.3) is 10.6 Å². The van der Waals surface area contributed by atoms with Crippen molar-refractivity contribution >= 4 is 27.3 Å². The Labute approximate surface area is 77.2 Å². The van der Waals surface area contributed by atoms with E-state index in [9.17, 15) is 0 Å². The maximum atomic E-state index is 3.48. The second-order valence-corrected chi connectivity index (χ2v) is 3.95. The molecule has 0 saturated carbocycles. The maximum absolute atomic E-state index is 3.48. The first kappa shape index (κ1) is 7.13. The third-order valence-electron chi connectivity index (χ3n) is 1.46. The molecule has 0 atom stereocenters. The number of hydrogen-bond donors (Lipinski definition) is 1. The van der Waals surface area contributed by atoms with Crippen LogP contribution in [0.5, 0.6) is 0 Å². The molecule has 0 aromatic carbocycles. The van der Waals surface area contributed by atoms with Crippen molar-refractivity contribution in [3.8, 4) is 10.6 Å². The molecule has 2 heterocycles. The first-order chi connectivity index (χ1) is 5.38. The summed E-state index contributed by atoms with van der Waals surface area (Å²) < 4.78 is 1.16. The zero-order valence-electron chi connectivity index (χ0n) is 5.67. The van der Waals surface area contributed by atoms with Gasteiger partial charge in [0.15, 0.2) is 0 Å². The van der Waals surface area contributed by atoms with Crippen molar-refractivity contribution in [2.45, 2.75) is 0 Å². The van der Waals surface area contributed by atoms with E-state index in [1.165, 1.54) is 10.6 Å². The lowest BCUT2D eigenvalue weighted by atomic mass is 10.3. The standard InChI is InChI=1S/C8H6BrNS/c9-6-3-5-11-8(6)7-2-1-4-10-7/h1-5,10H. The van der Waals surface area contributed by atoms with E-state index < -0.39 is 0 Å². The number of aromatic nitrogens is 1. The fraction of sp³-hybridized carbons (Fsp3) is 0. The average Bonchev–Trinajstić information content (AvgIpc) is 2.55. The molecule has 56 valence electrons. The molecule has 3 heteroatoms. The van der Waals surface area contributed by atoms with Crippen LogP contribution in [0.1, 0.15) is 0 Å². The molecule has 2 aromatic heterocycles. The van der Waals surface area contributed by atoms with E-state index >= 15 is 0 Å². The third kappa shape index (κ3) is 1.26. The van der Waals surface area contributed by atoms with Gasteiger partial charge in [-0.05, 0) is 39.5 Å². The highest BCUT2D eigenvalue weighted by Crippen LogP contribution is 2.31. The van der Waals surface area contributed by atoms with Crippen LogP contribution in [-0.4, -0.2) is 4.98 Å². The molecule has 0 bridgehead atoms. The molecule has 0 unspecified atom stereocenters. The van der Waals surface area contributed by atoms with Gasteiger partial charge in [-0.3, -0.25) is 0 Å². The lowest BCUT2D eigenvalue weighted by Gasteiger charge is -1.91. The number of thiophene rings is 1. The van der Waals surface area contributed by atoms with Crippen LogP contribution >= 0.6 is 27.3 Å². The number of halogens is 1. The van der Waals surface area contributed by atoms with E-state index in [1.807, 2.05) is 12.3 Å². The van der Waals surface area contributed by atoms with E-state index in [2.05, 4.69) is 38.4 Å². The Morgan fingerprint density at radius 1 is 1.36 bits per heavy atom. The van der Waals surface area contributed by atoms with Gasteiger partial charge in [0.2, 0.25) is 0 Å². The highest BCUT2D eigenvalue weighted by atomic mass is 79.9. The first-order valence-electron chi connectivity index (χ1n) is 3.24. The molecule has 2 aromatic rings. The summed E-state index contributed by atoms with van der Waals surface area (Å²) in [6, 6.07) is 6.12. The number of rotatable bonds is 1. The van der Waals surface area contributed by atoms with E-state index in [0.29, 0.717) is 0 Å². The molecule has 2 rings (SSSR count). The number of H-pyrrole nitrogens is 1.